The molecule has 1 aliphatic heterocycles. The Morgan fingerprint density at radius 3 is 2.32 bits per heavy atom. The lowest BCUT2D eigenvalue weighted by Gasteiger charge is -2.43. The number of hydrogen-bond donors (Lipinski definition) is 2. The molecule has 0 bridgehead atoms. The van der Waals surface area contributed by atoms with Crippen molar-refractivity contribution in [1.82, 2.24) is 10.6 Å². The van der Waals surface area contributed by atoms with E-state index in [-0.39, 0.29) is 11.6 Å². The Bertz CT molecular complexity index is 461. The molecule has 0 spiro atoms. The van der Waals surface area contributed by atoms with Gasteiger partial charge in [-0.25, -0.2) is 4.79 Å². The molecule has 19 heavy (non-hydrogen) atoms. The van der Waals surface area contributed by atoms with E-state index in [2.05, 4.69) is 26.6 Å². The number of halogens is 1. The Morgan fingerprint density at radius 2 is 1.89 bits per heavy atom. The number of ether oxygens (including phenoxy) is 1. The van der Waals surface area contributed by atoms with Crippen molar-refractivity contribution in [2.45, 2.75) is 31.9 Å². The standard InChI is InChI=1S/C14H19BrN2O2/c1-13(2,3)19-12(18)17-14(8-16-9-14)10-4-6-11(15)7-5-10/h4-7,16H,8-9H2,1-3H3,(H,17,18). The molecule has 0 atom stereocenters. The number of carbonyl (C=O) groups excluding carboxylic acids is 1. The van der Waals surface area contributed by atoms with Crippen LogP contribution < -0.4 is 10.6 Å². The Kier molecular flexibility index (Phi) is 3.87. The highest BCUT2D eigenvalue weighted by Crippen LogP contribution is 2.27. The highest BCUT2D eigenvalue weighted by Gasteiger charge is 2.41. The second-order valence-corrected chi connectivity index (χ2v) is 6.74. The quantitative estimate of drug-likeness (QED) is 0.878. The number of nitrogens with one attached hydrogen (secondary N) is 2. The van der Waals surface area contributed by atoms with Crippen LogP contribution in [-0.4, -0.2) is 24.8 Å². The minimum atomic E-state index is -0.484. The topological polar surface area (TPSA) is 50.4 Å². The van der Waals surface area contributed by atoms with E-state index in [0.29, 0.717) is 13.1 Å². The minimum Gasteiger partial charge on any atom is -0.444 e. The average molecular weight is 327 g/mol. The summed E-state index contributed by atoms with van der Waals surface area (Å²) in [5, 5.41) is 6.18. The van der Waals surface area contributed by atoms with Crippen molar-refractivity contribution in [1.29, 1.82) is 0 Å². The molecule has 2 rings (SSSR count). The largest absolute Gasteiger partial charge is 0.444 e. The zero-order valence-electron chi connectivity index (χ0n) is 11.4. The van der Waals surface area contributed by atoms with E-state index in [1.54, 1.807) is 0 Å². The molecule has 1 aromatic carbocycles. The average Bonchev–Trinajstić information content (AvgIpc) is 2.22. The molecule has 5 heteroatoms. The summed E-state index contributed by atoms with van der Waals surface area (Å²) in [6.45, 7) is 7.01. The van der Waals surface area contributed by atoms with Gasteiger partial charge in [0.2, 0.25) is 0 Å². The lowest BCUT2D eigenvalue weighted by Crippen LogP contribution is -2.66. The first kappa shape index (κ1) is 14.3. The van der Waals surface area contributed by atoms with Crippen molar-refractivity contribution in [3.8, 4) is 0 Å². The van der Waals surface area contributed by atoms with Gasteiger partial charge in [-0.1, -0.05) is 28.1 Å². The van der Waals surface area contributed by atoms with Crippen molar-refractivity contribution in [3.63, 3.8) is 0 Å². The summed E-state index contributed by atoms with van der Waals surface area (Å²) < 4.78 is 6.35. The van der Waals surface area contributed by atoms with Crippen molar-refractivity contribution in [2.24, 2.45) is 0 Å². The summed E-state index contributed by atoms with van der Waals surface area (Å²) in [5.41, 5.74) is 0.242. The van der Waals surface area contributed by atoms with Crippen LogP contribution in [-0.2, 0) is 10.3 Å². The Balaban J connectivity index is 2.11. The molecule has 0 radical (unpaired) electrons. The summed E-state index contributed by atoms with van der Waals surface area (Å²) in [7, 11) is 0. The number of alkyl carbamates (subject to hydrolysis) is 1. The van der Waals surface area contributed by atoms with Gasteiger partial charge in [0.1, 0.15) is 5.60 Å². The Hall–Kier alpha value is -1.07. The maximum Gasteiger partial charge on any atom is 0.408 e. The Labute approximate surface area is 122 Å². The molecule has 1 aliphatic rings. The third-order valence-corrected chi connectivity index (χ3v) is 3.52. The highest BCUT2D eigenvalue weighted by atomic mass is 79.9. The molecule has 0 aliphatic carbocycles. The number of amides is 1. The summed E-state index contributed by atoms with van der Waals surface area (Å²) in [6, 6.07) is 7.99. The van der Waals surface area contributed by atoms with E-state index in [1.165, 1.54) is 0 Å². The van der Waals surface area contributed by atoms with Gasteiger partial charge in [0, 0.05) is 17.6 Å². The first-order valence-electron chi connectivity index (χ1n) is 6.29. The molecule has 0 saturated carbocycles. The first-order valence-corrected chi connectivity index (χ1v) is 7.08. The van der Waals surface area contributed by atoms with Gasteiger partial charge in [-0.3, -0.25) is 0 Å². The Morgan fingerprint density at radius 1 is 1.32 bits per heavy atom. The SMILES string of the molecule is CC(C)(C)OC(=O)NC1(c2ccc(Br)cc2)CNC1. The second-order valence-electron chi connectivity index (χ2n) is 5.82. The lowest BCUT2D eigenvalue weighted by molar-refractivity contribution is 0.0406. The predicted octanol–water partition coefficient (Wildman–Crippen LogP) is 2.77. The molecule has 0 unspecified atom stereocenters. The highest BCUT2D eigenvalue weighted by molar-refractivity contribution is 9.10. The zero-order valence-corrected chi connectivity index (χ0v) is 13.0. The van der Waals surface area contributed by atoms with E-state index < -0.39 is 5.60 Å². The van der Waals surface area contributed by atoms with Gasteiger partial charge in [0.15, 0.2) is 0 Å². The fourth-order valence-electron chi connectivity index (χ4n) is 2.01. The van der Waals surface area contributed by atoms with Gasteiger partial charge < -0.3 is 15.4 Å². The summed E-state index contributed by atoms with van der Waals surface area (Å²) in [5.74, 6) is 0. The zero-order chi connectivity index (χ0) is 14.1. The maximum atomic E-state index is 11.9. The van der Waals surface area contributed by atoms with Crippen LogP contribution in [0.3, 0.4) is 0 Å². The van der Waals surface area contributed by atoms with Gasteiger partial charge in [-0.05, 0) is 38.5 Å². The molecule has 2 N–H and O–H groups in total. The van der Waals surface area contributed by atoms with E-state index in [0.717, 1.165) is 10.0 Å². The second kappa shape index (κ2) is 5.13. The van der Waals surface area contributed by atoms with Crippen LogP contribution in [0.2, 0.25) is 0 Å². The molecular formula is C14H19BrN2O2. The van der Waals surface area contributed by atoms with Crippen LogP contribution in [0.1, 0.15) is 26.3 Å². The van der Waals surface area contributed by atoms with Crippen LogP contribution in [0.25, 0.3) is 0 Å². The maximum absolute atomic E-state index is 11.9. The van der Waals surface area contributed by atoms with Gasteiger partial charge in [0.25, 0.3) is 0 Å². The first-order chi connectivity index (χ1) is 8.81. The minimum absolute atomic E-state index is 0.358. The van der Waals surface area contributed by atoms with Gasteiger partial charge in [-0.15, -0.1) is 0 Å². The molecule has 1 aromatic rings. The molecular weight excluding hydrogens is 308 g/mol. The summed E-state index contributed by atoms with van der Waals surface area (Å²) >= 11 is 3.42. The molecule has 104 valence electrons. The fraction of sp³-hybridized carbons (Fsp3) is 0.500. The summed E-state index contributed by atoms with van der Waals surface area (Å²) in [4.78, 5) is 11.9. The van der Waals surface area contributed by atoms with Gasteiger partial charge in [-0.2, -0.15) is 0 Å². The van der Waals surface area contributed by atoms with Crippen LogP contribution in [0.4, 0.5) is 4.79 Å². The van der Waals surface area contributed by atoms with Crippen molar-refractivity contribution >= 4 is 22.0 Å². The third kappa shape index (κ3) is 3.48. The normalized spacial score (nSPS) is 17.5. The van der Waals surface area contributed by atoms with E-state index >= 15 is 0 Å². The van der Waals surface area contributed by atoms with Crippen LogP contribution in [0, 0.1) is 0 Å². The van der Waals surface area contributed by atoms with Crippen molar-refractivity contribution < 1.29 is 9.53 Å². The molecule has 1 heterocycles. The van der Waals surface area contributed by atoms with Gasteiger partial charge in [0.05, 0.1) is 5.54 Å². The summed E-state index contributed by atoms with van der Waals surface area (Å²) in [6.07, 6.45) is -0.378. The van der Waals surface area contributed by atoms with Crippen molar-refractivity contribution in [2.75, 3.05) is 13.1 Å². The number of rotatable bonds is 2. The van der Waals surface area contributed by atoms with E-state index in [1.807, 2.05) is 45.0 Å². The monoisotopic (exact) mass is 326 g/mol. The number of carbonyl (C=O) groups is 1. The van der Waals surface area contributed by atoms with E-state index in [4.69, 9.17) is 4.74 Å². The van der Waals surface area contributed by atoms with Crippen LogP contribution in [0.5, 0.6) is 0 Å². The lowest BCUT2D eigenvalue weighted by atomic mass is 9.84. The molecule has 1 fully saturated rings. The number of benzene rings is 1. The molecule has 1 saturated heterocycles. The number of hydrogen-bond acceptors (Lipinski definition) is 3. The van der Waals surface area contributed by atoms with Crippen LogP contribution >= 0.6 is 15.9 Å². The fourth-order valence-corrected chi connectivity index (χ4v) is 2.27. The molecule has 4 nitrogen and oxygen atoms in total. The van der Waals surface area contributed by atoms with Gasteiger partial charge >= 0.3 is 6.09 Å². The molecule has 0 aromatic heterocycles. The van der Waals surface area contributed by atoms with Crippen molar-refractivity contribution in [3.05, 3.63) is 34.3 Å². The van der Waals surface area contributed by atoms with Crippen LogP contribution in [0.15, 0.2) is 28.7 Å². The third-order valence-electron chi connectivity index (χ3n) is 2.99. The molecule has 1 amide bonds. The van der Waals surface area contributed by atoms with E-state index in [9.17, 15) is 4.79 Å². The predicted molar refractivity (Wildman–Crippen MR) is 78.1 cm³/mol. The smallest absolute Gasteiger partial charge is 0.408 e.